The Morgan fingerprint density at radius 3 is 2.62 bits per heavy atom. The van der Waals surface area contributed by atoms with E-state index in [1.165, 1.54) is 12.1 Å². The number of ether oxygens (including phenoxy) is 3. The van der Waals surface area contributed by atoms with Crippen LogP contribution >= 0.6 is 0 Å². The Morgan fingerprint density at radius 2 is 1.92 bits per heavy atom. The lowest BCUT2D eigenvalue weighted by Crippen LogP contribution is -2.25. The fourth-order valence-corrected chi connectivity index (χ4v) is 1.85. The van der Waals surface area contributed by atoms with E-state index in [2.05, 4.69) is 10.1 Å². The normalized spacial score (nSPS) is 12.8. The van der Waals surface area contributed by atoms with Gasteiger partial charge in [-0.1, -0.05) is 0 Å². The molecule has 1 aliphatic heterocycles. The summed E-state index contributed by atoms with van der Waals surface area (Å²) >= 11 is 0. The molecule has 0 fully saturated rings. The van der Waals surface area contributed by atoms with Gasteiger partial charge >= 0.3 is 11.9 Å². The van der Waals surface area contributed by atoms with Crippen molar-refractivity contribution in [2.45, 2.75) is 6.92 Å². The fourth-order valence-electron chi connectivity index (χ4n) is 1.85. The number of esters is 2. The Kier molecular flexibility index (Phi) is 5.67. The molecule has 0 unspecified atom stereocenters. The van der Waals surface area contributed by atoms with Crippen LogP contribution in [0.25, 0.3) is 0 Å². The smallest absolute Gasteiger partial charge is 0.331 e. The number of nitrogens with one attached hydrogen (secondary N) is 1. The van der Waals surface area contributed by atoms with Crippen LogP contribution in [0, 0.1) is 0 Å². The van der Waals surface area contributed by atoms with Gasteiger partial charge in [0.25, 0.3) is 5.91 Å². The third kappa shape index (κ3) is 4.67. The molecule has 1 heterocycles. The average molecular weight is 333 g/mol. The summed E-state index contributed by atoms with van der Waals surface area (Å²) in [7, 11) is 0. The number of carbonyl (C=O) groups excluding carboxylic acids is 4. The molecule has 1 aliphatic rings. The lowest BCUT2D eigenvalue weighted by Gasteiger charge is -2.18. The van der Waals surface area contributed by atoms with Crippen LogP contribution in [0.3, 0.4) is 0 Å². The summed E-state index contributed by atoms with van der Waals surface area (Å²) in [6.07, 6.45) is 1.80. The molecule has 0 bridgehead atoms. The van der Waals surface area contributed by atoms with Gasteiger partial charge in [0, 0.05) is 17.7 Å². The zero-order chi connectivity index (χ0) is 17.5. The zero-order valence-electron chi connectivity index (χ0n) is 12.9. The van der Waals surface area contributed by atoms with Crippen molar-refractivity contribution in [3.63, 3.8) is 0 Å². The van der Waals surface area contributed by atoms with Crippen LogP contribution in [-0.2, 0) is 23.9 Å². The molecule has 8 nitrogen and oxygen atoms in total. The topological polar surface area (TPSA) is 108 Å². The second-order valence-electron chi connectivity index (χ2n) is 4.66. The number of rotatable bonds is 6. The molecule has 0 saturated carbocycles. The molecule has 1 amide bonds. The van der Waals surface area contributed by atoms with Gasteiger partial charge in [0.05, 0.1) is 12.3 Å². The van der Waals surface area contributed by atoms with Gasteiger partial charge in [0.15, 0.2) is 19.0 Å². The summed E-state index contributed by atoms with van der Waals surface area (Å²) < 4.78 is 14.5. The van der Waals surface area contributed by atoms with Crippen molar-refractivity contribution >= 4 is 29.3 Å². The molecule has 1 aromatic rings. The van der Waals surface area contributed by atoms with Crippen molar-refractivity contribution in [3.8, 4) is 5.75 Å². The quantitative estimate of drug-likeness (QED) is 0.467. The van der Waals surface area contributed by atoms with Gasteiger partial charge < -0.3 is 19.5 Å². The Balaban J connectivity index is 1.91. The molecule has 0 radical (unpaired) electrons. The first-order chi connectivity index (χ1) is 11.5. The van der Waals surface area contributed by atoms with Gasteiger partial charge in [0.1, 0.15) is 5.75 Å². The van der Waals surface area contributed by atoms with E-state index >= 15 is 0 Å². The summed E-state index contributed by atoms with van der Waals surface area (Å²) in [4.78, 5) is 45.7. The number of hydrogen-bond donors (Lipinski definition) is 1. The molecule has 1 aromatic carbocycles. The highest BCUT2D eigenvalue weighted by molar-refractivity contribution is 6.02. The first kappa shape index (κ1) is 17.2. The maximum atomic E-state index is 12.0. The number of anilines is 1. The summed E-state index contributed by atoms with van der Waals surface area (Å²) in [5, 5.41) is 2.58. The lowest BCUT2D eigenvalue weighted by molar-refractivity contribution is -0.139. The van der Waals surface area contributed by atoms with Gasteiger partial charge in [-0.05, 0) is 25.1 Å². The summed E-state index contributed by atoms with van der Waals surface area (Å²) in [6.45, 7) is 1.24. The predicted molar refractivity (Wildman–Crippen MR) is 81.6 cm³/mol. The SMILES string of the molecule is CCOC(=O)/C=C/C(=O)OCC(=O)c1ccc2c(c1)NC(=O)CO2. The second-order valence-corrected chi connectivity index (χ2v) is 4.66. The predicted octanol–water partition coefficient (Wildman–Crippen LogP) is 0.863. The molecular weight excluding hydrogens is 318 g/mol. The molecule has 1 N–H and O–H groups in total. The minimum Gasteiger partial charge on any atom is -0.482 e. The van der Waals surface area contributed by atoms with Crippen LogP contribution in [0.15, 0.2) is 30.4 Å². The molecule has 8 heteroatoms. The monoisotopic (exact) mass is 333 g/mol. The third-order valence-electron chi connectivity index (χ3n) is 2.92. The largest absolute Gasteiger partial charge is 0.482 e. The minimum absolute atomic E-state index is 0.0787. The summed E-state index contributed by atoms with van der Waals surface area (Å²) in [5.41, 5.74) is 0.632. The van der Waals surface area contributed by atoms with E-state index in [9.17, 15) is 19.2 Å². The van der Waals surface area contributed by atoms with E-state index in [4.69, 9.17) is 9.47 Å². The summed E-state index contributed by atoms with van der Waals surface area (Å²) in [5.74, 6) is -1.84. The van der Waals surface area contributed by atoms with Crippen molar-refractivity contribution < 1.29 is 33.4 Å². The number of benzene rings is 1. The molecule has 0 atom stereocenters. The second kappa shape index (κ2) is 7.91. The standard InChI is InChI=1S/C16H15NO7/c1-2-22-15(20)5-6-16(21)24-8-12(18)10-3-4-13-11(7-10)17-14(19)9-23-13/h3-7H,2,8-9H2,1H3,(H,17,19)/b6-5+. The third-order valence-corrected chi connectivity index (χ3v) is 2.92. The minimum atomic E-state index is -0.842. The Bertz CT molecular complexity index is 708. The van der Waals surface area contributed by atoms with E-state index in [1.807, 2.05) is 0 Å². The number of ketones is 1. The number of amides is 1. The molecule has 0 aliphatic carbocycles. The van der Waals surface area contributed by atoms with Gasteiger partial charge in [-0.3, -0.25) is 9.59 Å². The van der Waals surface area contributed by atoms with Gasteiger partial charge in [-0.15, -0.1) is 0 Å². The van der Waals surface area contributed by atoms with Crippen molar-refractivity contribution in [2.24, 2.45) is 0 Å². The maximum absolute atomic E-state index is 12.0. The Labute approximate surface area is 137 Å². The molecule has 126 valence electrons. The molecule has 0 saturated heterocycles. The summed E-state index contributed by atoms with van der Waals surface area (Å²) in [6, 6.07) is 4.49. The molecular formula is C16H15NO7. The van der Waals surface area contributed by atoms with E-state index in [0.717, 1.165) is 12.2 Å². The molecule has 2 rings (SSSR count). The first-order valence-corrected chi connectivity index (χ1v) is 7.11. The van der Waals surface area contributed by atoms with E-state index in [-0.39, 0.29) is 24.7 Å². The Morgan fingerprint density at radius 1 is 1.21 bits per heavy atom. The Hall–Kier alpha value is -3.16. The zero-order valence-corrected chi connectivity index (χ0v) is 12.9. The van der Waals surface area contributed by atoms with Crippen molar-refractivity contribution in [1.82, 2.24) is 0 Å². The van der Waals surface area contributed by atoms with Crippen molar-refractivity contribution in [3.05, 3.63) is 35.9 Å². The lowest BCUT2D eigenvalue weighted by atomic mass is 10.1. The molecule has 0 spiro atoms. The first-order valence-electron chi connectivity index (χ1n) is 7.11. The van der Waals surface area contributed by atoms with Crippen LogP contribution in [0.1, 0.15) is 17.3 Å². The van der Waals surface area contributed by atoms with E-state index < -0.39 is 24.3 Å². The van der Waals surface area contributed by atoms with Crippen LogP contribution in [0.4, 0.5) is 5.69 Å². The number of hydrogen-bond acceptors (Lipinski definition) is 7. The van der Waals surface area contributed by atoms with Crippen LogP contribution in [0.5, 0.6) is 5.75 Å². The highest BCUT2D eigenvalue weighted by atomic mass is 16.5. The van der Waals surface area contributed by atoms with Gasteiger partial charge in [-0.25, -0.2) is 9.59 Å². The number of Topliss-reactive ketones (excluding diaryl/α,β-unsaturated/α-hetero) is 1. The fraction of sp³-hybridized carbons (Fsp3) is 0.250. The van der Waals surface area contributed by atoms with Crippen LogP contribution < -0.4 is 10.1 Å². The highest BCUT2D eigenvalue weighted by Gasteiger charge is 2.18. The van der Waals surface area contributed by atoms with Crippen molar-refractivity contribution in [1.29, 1.82) is 0 Å². The molecule has 24 heavy (non-hydrogen) atoms. The van der Waals surface area contributed by atoms with E-state index in [1.54, 1.807) is 13.0 Å². The molecule has 0 aromatic heterocycles. The average Bonchev–Trinajstić information content (AvgIpc) is 2.57. The number of carbonyl (C=O) groups is 4. The van der Waals surface area contributed by atoms with Crippen LogP contribution in [0.2, 0.25) is 0 Å². The van der Waals surface area contributed by atoms with E-state index in [0.29, 0.717) is 11.4 Å². The highest BCUT2D eigenvalue weighted by Crippen LogP contribution is 2.28. The maximum Gasteiger partial charge on any atom is 0.331 e. The van der Waals surface area contributed by atoms with Gasteiger partial charge in [-0.2, -0.15) is 0 Å². The number of fused-ring (bicyclic) bond motifs is 1. The van der Waals surface area contributed by atoms with Gasteiger partial charge in [0.2, 0.25) is 0 Å². The van der Waals surface area contributed by atoms with Crippen LogP contribution in [-0.4, -0.2) is 43.4 Å². The van der Waals surface area contributed by atoms with Crippen molar-refractivity contribution in [2.75, 3.05) is 25.1 Å².